The first-order valence-corrected chi connectivity index (χ1v) is 5.97. The molecule has 1 aliphatic rings. The normalized spacial score (nSPS) is 25.1. The van der Waals surface area contributed by atoms with Gasteiger partial charge in [0.15, 0.2) is 0 Å². The second kappa shape index (κ2) is 5.28. The molecule has 2 rings (SSSR count). The topological polar surface area (TPSA) is 21.3 Å². The van der Waals surface area contributed by atoms with E-state index < -0.39 is 11.7 Å². The number of benzene rings is 1. The number of hydrogen-bond donors (Lipinski definition) is 1. The van der Waals surface area contributed by atoms with Crippen LogP contribution in [0, 0.1) is 0 Å². The average Bonchev–Trinajstić information content (AvgIpc) is 2.28. The highest BCUT2D eigenvalue weighted by molar-refractivity contribution is 5.25. The van der Waals surface area contributed by atoms with Gasteiger partial charge in [-0.15, -0.1) is 0 Å². The van der Waals surface area contributed by atoms with Crippen LogP contribution in [0.3, 0.4) is 0 Å². The molecule has 1 aliphatic heterocycles. The summed E-state index contributed by atoms with van der Waals surface area (Å²) in [6, 6.07) is 5.28. The van der Waals surface area contributed by atoms with Crippen molar-refractivity contribution in [2.75, 3.05) is 13.1 Å². The van der Waals surface area contributed by atoms with Crippen LogP contribution in [0.1, 0.15) is 18.1 Å². The van der Waals surface area contributed by atoms with E-state index in [1.807, 2.05) is 6.92 Å². The molecule has 0 amide bonds. The molecule has 1 aromatic rings. The van der Waals surface area contributed by atoms with Crippen molar-refractivity contribution in [2.24, 2.45) is 0 Å². The largest absolute Gasteiger partial charge is 0.416 e. The Morgan fingerprint density at radius 3 is 2.44 bits per heavy atom. The lowest BCUT2D eigenvalue weighted by Gasteiger charge is -2.28. The average molecular weight is 259 g/mol. The maximum atomic E-state index is 12.4. The highest BCUT2D eigenvalue weighted by Crippen LogP contribution is 2.29. The first-order valence-electron chi connectivity index (χ1n) is 5.97. The van der Waals surface area contributed by atoms with Crippen LogP contribution in [-0.4, -0.2) is 25.3 Å². The van der Waals surface area contributed by atoms with Crippen molar-refractivity contribution in [2.45, 2.75) is 31.7 Å². The van der Waals surface area contributed by atoms with Crippen LogP contribution in [0.2, 0.25) is 0 Å². The minimum Gasteiger partial charge on any atom is -0.372 e. The molecule has 1 aromatic carbocycles. The van der Waals surface area contributed by atoms with Gasteiger partial charge in [0, 0.05) is 13.1 Å². The first kappa shape index (κ1) is 13.4. The molecule has 0 spiro atoms. The van der Waals surface area contributed by atoms with Gasteiger partial charge in [-0.3, -0.25) is 0 Å². The Bertz CT molecular complexity index is 388. The fraction of sp³-hybridized carbons (Fsp3) is 0.538. The quantitative estimate of drug-likeness (QED) is 0.881. The molecule has 0 saturated carbocycles. The van der Waals surface area contributed by atoms with Crippen LogP contribution < -0.4 is 5.32 Å². The molecule has 1 N–H and O–H groups in total. The molecule has 0 radical (unpaired) electrons. The third kappa shape index (κ3) is 3.46. The zero-order valence-electron chi connectivity index (χ0n) is 10.1. The highest BCUT2D eigenvalue weighted by atomic mass is 19.4. The molecule has 18 heavy (non-hydrogen) atoms. The van der Waals surface area contributed by atoms with Gasteiger partial charge >= 0.3 is 6.18 Å². The fourth-order valence-electron chi connectivity index (χ4n) is 2.09. The van der Waals surface area contributed by atoms with E-state index in [0.717, 1.165) is 30.8 Å². The van der Waals surface area contributed by atoms with Crippen LogP contribution in [-0.2, 0) is 17.3 Å². The van der Waals surface area contributed by atoms with E-state index in [4.69, 9.17) is 4.74 Å². The molecule has 2 nitrogen and oxygen atoms in total. The molecular formula is C13H16F3NO. The molecule has 0 aliphatic carbocycles. The van der Waals surface area contributed by atoms with Crippen molar-refractivity contribution in [3.63, 3.8) is 0 Å². The van der Waals surface area contributed by atoms with E-state index in [1.165, 1.54) is 12.1 Å². The lowest BCUT2D eigenvalue weighted by atomic mass is 10.0. The van der Waals surface area contributed by atoms with E-state index in [-0.39, 0.29) is 12.2 Å². The van der Waals surface area contributed by atoms with Crippen molar-refractivity contribution < 1.29 is 17.9 Å². The summed E-state index contributed by atoms with van der Waals surface area (Å²) >= 11 is 0. The minimum atomic E-state index is -4.27. The van der Waals surface area contributed by atoms with E-state index in [1.54, 1.807) is 0 Å². The van der Waals surface area contributed by atoms with Gasteiger partial charge in [-0.1, -0.05) is 12.1 Å². The molecular weight excluding hydrogens is 243 g/mol. The number of morpholine rings is 1. The van der Waals surface area contributed by atoms with Crippen molar-refractivity contribution in [1.29, 1.82) is 0 Å². The van der Waals surface area contributed by atoms with Gasteiger partial charge in [-0.2, -0.15) is 13.2 Å². The summed E-state index contributed by atoms with van der Waals surface area (Å²) in [5.41, 5.74) is 0.256. The van der Waals surface area contributed by atoms with E-state index in [0.29, 0.717) is 6.42 Å². The summed E-state index contributed by atoms with van der Waals surface area (Å²) in [6.07, 6.45) is -3.45. The molecule has 1 saturated heterocycles. The van der Waals surface area contributed by atoms with Gasteiger partial charge in [0.05, 0.1) is 17.8 Å². The summed E-state index contributed by atoms with van der Waals surface area (Å²) in [6.45, 7) is 3.54. The van der Waals surface area contributed by atoms with Crippen molar-refractivity contribution in [1.82, 2.24) is 5.32 Å². The van der Waals surface area contributed by atoms with Gasteiger partial charge in [-0.25, -0.2) is 0 Å². The summed E-state index contributed by atoms with van der Waals surface area (Å²) < 4.78 is 42.9. The lowest BCUT2D eigenvalue weighted by molar-refractivity contribution is -0.137. The van der Waals surface area contributed by atoms with Crippen molar-refractivity contribution >= 4 is 0 Å². The van der Waals surface area contributed by atoms with Crippen LogP contribution >= 0.6 is 0 Å². The Morgan fingerprint density at radius 1 is 1.22 bits per heavy atom. The summed E-state index contributed by atoms with van der Waals surface area (Å²) in [7, 11) is 0. The van der Waals surface area contributed by atoms with Gasteiger partial charge in [0.25, 0.3) is 0 Å². The summed E-state index contributed by atoms with van der Waals surface area (Å²) in [4.78, 5) is 0. The Kier molecular flexibility index (Phi) is 3.92. The van der Waals surface area contributed by atoms with Crippen molar-refractivity contribution in [3.05, 3.63) is 35.4 Å². The van der Waals surface area contributed by atoms with Gasteiger partial charge in [-0.05, 0) is 31.0 Å². The van der Waals surface area contributed by atoms with Gasteiger partial charge < -0.3 is 10.1 Å². The van der Waals surface area contributed by atoms with E-state index in [9.17, 15) is 13.2 Å². The van der Waals surface area contributed by atoms with E-state index >= 15 is 0 Å². The maximum Gasteiger partial charge on any atom is 0.416 e. The second-order valence-corrected chi connectivity index (χ2v) is 4.63. The number of rotatable bonds is 2. The molecule has 100 valence electrons. The Balaban J connectivity index is 1.98. The third-order valence-electron chi connectivity index (χ3n) is 2.97. The second-order valence-electron chi connectivity index (χ2n) is 4.63. The summed E-state index contributed by atoms with van der Waals surface area (Å²) in [5.74, 6) is 0. The minimum absolute atomic E-state index is 0.0329. The number of alkyl halides is 3. The van der Waals surface area contributed by atoms with Crippen LogP contribution in [0.5, 0.6) is 0 Å². The molecule has 2 atom stereocenters. The van der Waals surface area contributed by atoms with Gasteiger partial charge in [0.1, 0.15) is 0 Å². The zero-order valence-corrected chi connectivity index (χ0v) is 10.1. The SMILES string of the molecule is CC1CNCC(Cc2ccc(C(F)(F)F)cc2)O1. The predicted octanol–water partition coefficient (Wildman–Crippen LogP) is 2.62. The Labute approximate surface area is 104 Å². The molecule has 1 heterocycles. The van der Waals surface area contributed by atoms with Crippen molar-refractivity contribution in [3.8, 4) is 0 Å². The predicted molar refractivity (Wildman–Crippen MR) is 62.4 cm³/mol. The lowest BCUT2D eigenvalue weighted by Crippen LogP contribution is -2.44. The fourth-order valence-corrected chi connectivity index (χ4v) is 2.09. The zero-order chi connectivity index (χ0) is 13.2. The Hall–Kier alpha value is -1.07. The number of hydrogen-bond acceptors (Lipinski definition) is 2. The summed E-state index contributed by atoms with van der Waals surface area (Å²) in [5, 5.41) is 3.24. The molecule has 5 heteroatoms. The maximum absolute atomic E-state index is 12.4. The molecule has 0 bridgehead atoms. The monoisotopic (exact) mass is 259 g/mol. The highest BCUT2D eigenvalue weighted by Gasteiger charge is 2.30. The number of halogens is 3. The smallest absolute Gasteiger partial charge is 0.372 e. The van der Waals surface area contributed by atoms with E-state index in [2.05, 4.69) is 5.32 Å². The standard InChI is InChI=1S/C13H16F3NO/c1-9-7-17-8-12(18-9)6-10-2-4-11(5-3-10)13(14,15)16/h2-5,9,12,17H,6-8H2,1H3. The number of nitrogens with one attached hydrogen (secondary N) is 1. The number of ether oxygens (including phenoxy) is 1. The molecule has 0 aromatic heterocycles. The molecule has 2 unspecified atom stereocenters. The third-order valence-corrected chi connectivity index (χ3v) is 2.97. The van der Waals surface area contributed by atoms with Crippen LogP contribution in [0.25, 0.3) is 0 Å². The van der Waals surface area contributed by atoms with Crippen LogP contribution in [0.4, 0.5) is 13.2 Å². The first-order chi connectivity index (χ1) is 8.45. The van der Waals surface area contributed by atoms with Gasteiger partial charge in [0.2, 0.25) is 0 Å². The van der Waals surface area contributed by atoms with Crippen LogP contribution in [0.15, 0.2) is 24.3 Å². The molecule has 1 fully saturated rings. The Morgan fingerprint density at radius 2 is 1.89 bits per heavy atom.